The second-order valence-corrected chi connectivity index (χ2v) is 7.78. The summed E-state index contributed by atoms with van der Waals surface area (Å²) in [4.78, 5) is 27.4. The Labute approximate surface area is 182 Å². The minimum Gasteiger partial charge on any atom is -0.493 e. The number of hydrogen-bond donors (Lipinski definition) is 0. The number of carbonyl (C=O) groups is 2. The monoisotopic (exact) mass is 473 g/mol. The highest BCUT2D eigenvalue weighted by Crippen LogP contribution is 2.46. The van der Waals surface area contributed by atoms with Crippen LogP contribution < -0.4 is 19.1 Å². The molecule has 156 valence electrons. The third-order valence-electron chi connectivity index (χ3n) is 5.27. The number of halogens is 1. The van der Waals surface area contributed by atoms with Crippen LogP contribution in [0.2, 0.25) is 0 Å². The maximum absolute atomic E-state index is 13.2. The Morgan fingerprint density at radius 2 is 1.73 bits per heavy atom. The molecule has 7 nitrogen and oxygen atoms in total. The average molecular weight is 474 g/mol. The van der Waals surface area contributed by atoms with Gasteiger partial charge in [0.2, 0.25) is 11.7 Å². The number of nitrogens with zero attached hydrogens (tertiary/aromatic N) is 1. The van der Waals surface area contributed by atoms with Gasteiger partial charge in [-0.1, -0.05) is 22.0 Å². The highest BCUT2D eigenvalue weighted by Gasteiger charge is 2.43. The summed E-state index contributed by atoms with van der Waals surface area (Å²) in [5.41, 5.74) is 2.44. The number of rotatable bonds is 5. The predicted octanol–water partition coefficient (Wildman–Crippen LogP) is 3.81. The molecule has 0 bridgehead atoms. The van der Waals surface area contributed by atoms with E-state index in [2.05, 4.69) is 15.9 Å². The number of amides is 1. The van der Waals surface area contributed by atoms with Crippen molar-refractivity contribution < 1.29 is 28.5 Å². The Morgan fingerprint density at radius 1 is 1.03 bits per heavy atom. The van der Waals surface area contributed by atoms with Crippen molar-refractivity contribution in [3.05, 3.63) is 57.7 Å². The molecular formula is C22H20BrNO6. The summed E-state index contributed by atoms with van der Waals surface area (Å²) < 4.78 is 22.4. The van der Waals surface area contributed by atoms with Crippen LogP contribution in [0.1, 0.15) is 17.9 Å². The van der Waals surface area contributed by atoms with Crippen LogP contribution in [0.15, 0.2) is 52.1 Å². The van der Waals surface area contributed by atoms with Gasteiger partial charge in [0.15, 0.2) is 11.5 Å². The van der Waals surface area contributed by atoms with Crippen molar-refractivity contribution in [3.8, 4) is 17.2 Å². The van der Waals surface area contributed by atoms with Gasteiger partial charge in [-0.25, -0.2) is 4.79 Å². The first-order valence-corrected chi connectivity index (χ1v) is 10.1. The Morgan fingerprint density at radius 3 is 2.33 bits per heavy atom. The van der Waals surface area contributed by atoms with Gasteiger partial charge in [0.1, 0.15) is 6.61 Å². The standard InChI is InChI=1S/C22H20BrNO6/c1-27-17-7-12(8-18(28-2)21(17)29-3)15-10-19(25)24(14-6-4-5-13(23)9-14)16-11-30-22(26)20(15)16/h4-9,15H,10-11H2,1-3H3/t15-/m1/s1. The molecule has 4 rings (SSSR count). The van der Waals surface area contributed by atoms with Gasteiger partial charge in [0.25, 0.3) is 0 Å². The molecule has 1 atom stereocenters. The summed E-state index contributed by atoms with van der Waals surface area (Å²) >= 11 is 3.44. The lowest BCUT2D eigenvalue weighted by Gasteiger charge is -2.32. The van der Waals surface area contributed by atoms with Gasteiger partial charge in [-0.3, -0.25) is 9.69 Å². The highest BCUT2D eigenvalue weighted by atomic mass is 79.9. The van der Waals surface area contributed by atoms with Crippen LogP contribution in [0.3, 0.4) is 0 Å². The summed E-state index contributed by atoms with van der Waals surface area (Å²) in [6.45, 7) is 0.0490. The normalized spacial score (nSPS) is 18.3. The zero-order valence-electron chi connectivity index (χ0n) is 16.7. The minimum absolute atomic E-state index is 0.0490. The molecule has 2 aliphatic rings. The van der Waals surface area contributed by atoms with Gasteiger partial charge in [0, 0.05) is 22.5 Å². The first-order valence-electron chi connectivity index (χ1n) is 9.27. The van der Waals surface area contributed by atoms with Gasteiger partial charge in [-0.15, -0.1) is 0 Å². The molecule has 0 unspecified atom stereocenters. The Kier molecular flexibility index (Phi) is 5.42. The van der Waals surface area contributed by atoms with Crippen LogP contribution >= 0.6 is 15.9 Å². The van der Waals surface area contributed by atoms with Gasteiger partial charge in [-0.2, -0.15) is 0 Å². The van der Waals surface area contributed by atoms with Gasteiger partial charge in [0.05, 0.1) is 32.6 Å². The predicted molar refractivity (Wildman–Crippen MR) is 113 cm³/mol. The fourth-order valence-electron chi connectivity index (χ4n) is 3.96. The maximum Gasteiger partial charge on any atom is 0.336 e. The summed E-state index contributed by atoms with van der Waals surface area (Å²) in [5.74, 6) is 0.356. The molecule has 2 heterocycles. The lowest BCUT2D eigenvalue weighted by atomic mass is 9.83. The average Bonchev–Trinajstić information content (AvgIpc) is 3.13. The van der Waals surface area contributed by atoms with Crippen LogP contribution in [0, 0.1) is 0 Å². The topological polar surface area (TPSA) is 74.3 Å². The lowest BCUT2D eigenvalue weighted by Crippen LogP contribution is -2.37. The number of carbonyl (C=O) groups excluding carboxylic acids is 2. The molecule has 0 saturated carbocycles. The van der Waals surface area contributed by atoms with E-state index < -0.39 is 11.9 Å². The fraction of sp³-hybridized carbons (Fsp3) is 0.273. The molecule has 0 aromatic heterocycles. The van der Waals surface area contributed by atoms with E-state index in [-0.39, 0.29) is 18.9 Å². The molecule has 2 aromatic rings. The van der Waals surface area contributed by atoms with E-state index in [9.17, 15) is 9.59 Å². The Balaban J connectivity index is 1.85. The zero-order chi connectivity index (χ0) is 21.4. The summed E-state index contributed by atoms with van der Waals surface area (Å²) in [5, 5.41) is 0. The van der Waals surface area contributed by atoms with E-state index in [1.54, 1.807) is 17.0 Å². The summed E-state index contributed by atoms with van der Waals surface area (Å²) in [7, 11) is 4.57. The second kappa shape index (κ2) is 8.02. The third-order valence-corrected chi connectivity index (χ3v) is 5.77. The largest absolute Gasteiger partial charge is 0.493 e. The molecule has 2 aliphatic heterocycles. The van der Waals surface area contributed by atoms with Crippen molar-refractivity contribution in [1.82, 2.24) is 0 Å². The Hall–Kier alpha value is -3.00. The van der Waals surface area contributed by atoms with Crippen molar-refractivity contribution in [1.29, 1.82) is 0 Å². The van der Waals surface area contributed by atoms with E-state index in [1.165, 1.54) is 21.3 Å². The quantitative estimate of drug-likeness (QED) is 0.614. The van der Waals surface area contributed by atoms with E-state index in [1.807, 2.05) is 24.3 Å². The molecule has 0 saturated heterocycles. The smallest absolute Gasteiger partial charge is 0.336 e. The molecule has 0 N–H and O–H groups in total. The SMILES string of the molecule is COc1cc([C@H]2CC(=O)N(c3cccc(Br)c3)C3=C2C(=O)OC3)cc(OC)c1OC. The van der Waals surface area contributed by atoms with Crippen molar-refractivity contribution >= 4 is 33.5 Å². The molecular weight excluding hydrogens is 454 g/mol. The van der Waals surface area contributed by atoms with E-state index in [0.29, 0.717) is 34.2 Å². The van der Waals surface area contributed by atoms with E-state index in [0.717, 1.165) is 10.0 Å². The number of benzene rings is 2. The van der Waals surface area contributed by atoms with Gasteiger partial charge < -0.3 is 18.9 Å². The maximum atomic E-state index is 13.2. The van der Waals surface area contributed by atoms with Gasteiger partial charge in [-0.05, 0) is 35.9 Å². The number of cyclic esters (lactones) is 1. The van der Waals surface area contributed by atoms with Crippen LogP contribution in [0.4, 0.5) is 5.69 Å². The highest BCUT2D eigenvalue weighted by molar-refractivity contribution is 9.10. The molecule has 1 amide bonds. The fourth-order valence-corrected chi connectivity index (χ4v) is 4.34. The summed E-state index contributed by atoms with van der Waals surface area (Å²) in [6.07, 6.45) is 0.110. The first-order chi connectivity index (χ1) is 14.5. The lowest BCUT2D eigenvalue weighted by molar-refractivity contribution is -0.136. The van der Waals surface area contributed by atoms with E-state index in [4.69, 9.17) is 18.9 Å². The molecule has 0 spiro atoms. The molecule has 0 fully saturated rings. The van der Waals surface area contributed by atoms with Crippen LogP contribution in [0.5, 0.6) is 17.2 Å². The second-order valence-electron chi connectivity index (χ2n) is 6.86. The first kappa shape index (κ1) is 20.3. The molecule has 8 heteroatoms. The number of ether oxygens (including phenoxy) is 4. The van der Waals surface area contributed by atoms with Crippen molar-refractivity contribution in [3.63, 3.8) is 0 Å². The Bertz CT molecular complexity index is 1040. The van der Waals surface area contributed by atoms with Crippen LogP contribution in [0.25, 0.3) is 0 Å². The zero-order valence-corrected chi connectivity index (χ0v) is 18.3. The molecule has 30 heavy (non-hydrogen) atoms. The molecule has 0 radical (unpaired) electrons. The number of anilines is 1. The molecule has 0 aliphatic carbocycles. The summed E-state index contributed by atoms with van der Waals surface area (Å²) in [6, 6.07) is 10.9. The van der Waals surface area contributed by atoms with Crippen LogP contribution in [-0.2, 0) is 14.3 Å². The van der Waals surface area contributed by atoms with Crippen molar-refractivity contribution in [2.75, 3.05) is 32.8 Å². The van der Waals surface area contributed by atoms with Crippen molar-refractivity contribution in [2.24, 2.45) is 0 Å². The minimum atomic E-state index is -0.473. The van der Waals surface area contributed by atoms with Gasteiger partial charge >= 0.3 is 5.97 Å². The van der Waals surface area contributed by atoms with Crippen LogP contribution in [-0.4, -0.2) is 39.8 Å². The van der Waals surface area contributed by atoms with E-state index >= 15 is 0 Å². The van der Waals surface area contributed by atoms with Crippen molar-refractivity contribution in [2.45, 2.75) is 12.3 Å². The third kappa shape index (κ3) is 3.31. The molecule has 2 aromatic carbocycles. The number of methoxy groups -OCH3 is 3. The number of esters is 1. The number of hydrogen-bond acceptors (Lipinski definition) is 6.